The summed E-state index contributed by atoms with van der Waals surface area (Å²) in [6.45, 7) is 6.83. The third-order valence-corrected chi connectivity index (χ3v) is 4.11. The summed E-state index contributed by atoms with van der Waals surface area (Å²) in [6.07, 6.45) is 2.28. The number of para-hydroxylation sites is 1. The molecule has 4 heteroatoms. The Kier molecular flexibility index (Phi) is 5.62. The van der Waals surface area contributed by atoms with E-state index in [-0.39, 0.29) is 12.5 Å². The summed E-state index contributed by atoms with van der Waals surface area (Å²) in [7, 11) is 1.96. The Labute approximate surface area is 127 Å². The number of likely N-dealkylation sites (tertiary alicyclic amines) is 1. The van der Waals surface area contributed by atoms with Gasteiger partial charge in [0.1, 0.15) is 5.75 Å². The van der Waals surface area contributed by atoms with Gasteiger partial charge >= 0.3 is 0 Å². The molecule has 116 valence electrons. The summed E-state index contributed by atoms with van der Waals surface area (Å²) in [5.74, 6) is 1.50. The molecule has 0 aromatic heterocycles. The zero-order valence-electron chi connectivity index (χ0n) is 13.3. The predicted octanol–water partition coefficient (Wildman–Crippen LogP) is 2.14. The number of hydrogen-bond acceptors (Lipinski definition) is 3. The van der Waals surface area contributed by atoms with Crippen molar-refractivity contribution in [3.63, 3.8) is 0 Å². The van der Waals surface area contributed by atoms with Crippen molar-refractivity contribution in [2.24, 2.45) is 5.92 Å². The third kappa shape index (κ3) is 4.21. The lowest BCUT2D eigenvalue weighted by Crippen LogP contribution is -2.44. The van der Waals surface area contributed by atoms with Crippen LogP contribution in [-0.4, -0.2) is 44.1 Å². The van der Waals surface area contributed by atoms with Gasteiger partial charge in [-0.25, -0.2) is 0 Å². The minimum atomic E-state index is 0.0958. The molecular formula is C17H26N2O2. The van der Waals surface area contributed by atoms with Gasteiger partial charge in [-0.2, -0.15) is 0 Å². The van der Waals surface area contributed by atoms with E-state index >= 15 is 0 Å². The van der Waals surface area contributed by atoms with Gasteiger partial charge in [0.15, 0.2) is 6.61 Å². The Balaban J connectivity index is 1.89. The number of piperidine rings is 1. The number of ether oxygens (including phenoxy) is 1. The molecule has 0 spiro atoms. The first-order valence-electron chi connectivity index (χ1n) is 7.73. The van der Waals surface area contributed by atoms with Gasteiger partial charge in [0.05, 0.1) is 0 Å². The maximum absolute atomic E-state index is 12.3. The van der Waals surface area contributed by atoms with Gasteiger partial charge in [0.25, 0.3) is 5.91 Å². The van der Waals surface area contributed by atoms with Crippen LogP contribution in [0.1, 0.15) is 24.0 Å². The molecule has 1 fully saturated rings. The highest BCUT2D eigenvalue weighted by Gasteiger charge is 2.23. The molecule has 1 atom stereocenters. The summed E-state index contributed by atoms with van der Waals surface area (Å²) in [5.41, 5.74) is 2.16. The lowest BCUT2D eigenvalue weighted by atomic mass is 9.98. The Morgan fingerprint density at radius 2 is 2.10 bits per heavy atom. The first-order chi connectivity index (χ1) is 10.1. The lowest BCUT2D eigenvalue weighted by molar-refractivity contribution is -0.135. The average molecular weight is 290 g/mol. The number of nitrogens with zero attached hydrogens (tertiary/aromatic N) is 1. The van der Waals surface area contributed by atoms with Gasteiger partial charge in [-0.1, -0.05) is 18.2 Å². The highest BCUT2D eigenvalue weighted by atomic mass is 16.5. The zero-order chi connectivity index (χ0) is 15.2. The van der Waals surface area contributed by atoms with Crippen molar-refractivity contribution in [1.82, 2.24) is 10.2 Å². The van der Waals surface area contributed by atoms with Crippen molar-refractivity contribution >= 4 is 5.91 Å². The van der Waals surface area contributed by atoms with Crippen LogP contribution in [0.5, 0.6) is 5.75 Å². The van der Waals surface area contributed by atoms with Crippen LogP contribution in [-0.2, 0) is 4.79 Å². The fourth-order valence-electron chi connectivity index (χ4n) is 3.00. The molecule has 2 rings (SSSR count). The van der Waals surface area contributed by atoms with Gasteiger partial charge in [-0.05, 0) is 57.3 Å². The van der Waals surface area contributed by atoms with Crippen LogP contribution < -0.4 is 10.1 Å². The number of carbonyl (C=O) groups excluding carboxylic acids is 1. The largest absolute Gasteiger partial charge is 0.483 e. The van der Waals surface area contributed by atoms with Crippen molar-refractivity contribution in [1.29, 1.82) is 0 Å². The van der Waals surface area contributed by atoms with Gasteiger partial charge < -0.3 is 15.0 Å². The lowest BCUT2D eigenvalue weighted by Gasteiger charge is -2.32. The molecule has 1 aliphatic rings. The third-order valence-electron chi connectivity index (χ3n) is 4.11. The van der Waals surface area contributed by atoms with E-state index in [0.29, 0.717) is 5.92 Å². The number of carbonyl (C=O) groups is 1. The molecular weight excluding hydrogens is 264 g/mol. The topological polar surface area (TPSA) is 41.6 Å². The van der Waals surface area contributed by atoms with E-state index < -0.39 is 0 Å². The number of benzene rings is 1. The van der Waals surface area contributed by atoms with Crippen LogP contribution in [0.15, 0.2) is 18.2 Å². The highest BCUT2D eigenvalue weighted by molar-refractivity contribution is 5.78. The Hall–Kier alpha value is -1.55. The summed E-state index contributed by atoms with van der Waals surface area (Å²) in [5, 5.41) is 3.20. The Bertz CT molecular complexity index is 465. The number of rotatable bonds is 5. The first-order valence-corrected chi connectivity index (χ1v) is 7.73. The van der Waals surface area contributed by atoms with Crippen LogP contribution in [0.2, 0.25) is 0 Å². The second kappa shape index (κ2) is 7.46. The maximum atomic E-state index is 12.3. The number of nitrogens with one attached hydrogen (secondary N) is 1. The average Bonchev–Trinajstić information content (AvgIpc) is 2.47. The molecule has 1 aromatic carbocycles. The van der Waals surface area contributed by atoms with Crippen LogP contribution >= 0.6 is 0 Å². The monoisotopic (exact) mass is 290 g/mol. The van der Waals surface area contributed by atoms with Crippen molar-refractivity contribution < 1.29 is 9.53 Å². The second-order valence-electron chi connectivity index (χ2n) is 5.92. The molecule has 21 heavy (non-hydrogen) atoms. The maximum Gasteiger partial charge on any atom is 0.260 e. The summed E-state index contributed by atoms with van der Waals surface area (Å²) in [6, 6.07) is 6.03. The minimum absolute atomic E-state index is 0.0958. The number of hydrogen-bond donors (Lipinski definition) is 1. The molecule has 0 aliphatic carbocycles. The fraction of sp³-hybridized carbons (Fsp3) is 0.588. The molecule has 1 aromatic rings. The smallest absolute Gasteiger partial charge is 0.260 e. The summed E-state index contributed by atoms with van der Waals surface area (Å²) >= 11 is 0. The first kappa shape index (κ1) is 15.8. The standard InChI is InChI=1S/C17H26N2O2/c1-13-6-4-7-14(2)17(13)21-12-16(20)19-9-5-8-15(11-19)10-18-3/h4,6-7,15,18H,5,8-12H2,1-3H3. The molecule has 1 saturated heterocycles. The van der Waals surface area contributed by atoms with Crippen molar-refractivity contribution in [3.05, 3.63) is 29.3 Å². The van der Waals surface area contributed by atoms with E-state index in [1.165, 1.54) is 6.42 Å². The Morgan fingerprint density at radius 3 is 2.76 bits per heavy atom. The van der Waals surface area contributed by atoms with Crippen LogP contribution in [0.25, 0.3) is 0 Å². The SMILES string of the molecule is CNCC1CCCN(C(=O)COc2c(C)cccc2C)C1. The van der Waals surface area contributed by atoms with Gasteiger partial charge in [0.2, 0.25) is 0 Å². The van der Waals surface area contributed by atoms with Gasteiger partial charge in [0, 0.05) is 13.1 Å². The normalized spacial score (nSPS) is 18.6. The van der Waals surface area contributed by atoms with Crippen LogP contribution in [0.3, 0.4) is 0 Å². The second-order valence-corrected chi connectivity index (χ2v) is 5.92. The van der Waals surface area contributed by atoms with Gasteiger partial charge in [-0.15, -0.1) is 0 Å². The molecule has 1 heterocycles. The Morgan fingerprint density at radius 1 is 1.38 bits per heavy atom. The van der Waals surface area contributed by atoms with E-state index in [9.17, 15) is 4.79 Å². The molecule has 0 radical (unpaired) electrons. The van der Waals surface area contributed by atoms with Crippen LogP contribution in [0, 0.1) is 19.8 Å². The molecule has 1 amide bonds. The van der Waals surface area contributed by atoms with Crippen molar-refractivity contribution in [3.8, 4) is 5.75 Å². The van der Waals surface area contributed by atoms with E-state index in [0.717, 1.165) is 42.9 Å². The number of aryl methyl sites for hydroxylation is 2. The predicted molar refractivity (Wildman–Crippen MR) is 84.6 cm³/mol. The summed E-state index contributed by atoms with van der Waals surface area (Å²) < 4.78 is 5.77. The zero-order valence-corrected chi connectivity index (χ0v) is 13.3. The molecule has 0 bridgehead atoms. The molecule has 0 saturated carbocycles. The van der Waals surface area contributed by atoms with Gasteiger partial charge in [-0.3, -0.25) is 4.79 Å². The van der Waals surface area contributed by atoms with E-state index in [4.69, 9.17) is 4.74 Å². The van der Waals surface area contributed by atoms with Crippen molar-refractivity contribution in [2.45, 2.75) is 26.7 Å². The fourth-order valence-corrected chi connectivity index (χ4v) is 3.00. The van der Waals surface area contributed by atoms with Crippen LogP contribution in [0.4, 0.5) is 0 Å². The number of amides is 1. The summed E-state index contributed by atoms with van der Waals surface area (Å²) in [4.78, 5) is 14.3. The molecule has 1 unspecified atom stereocenters. The molecule has 1 N–H and O–H groups in total. The van der Waals surface area contributed by atoms with E-state index in [1.807, 2.05) is 44.0 Å². The molecule has 1 aliphatic heterocycles. The van der Waals surface area contributed by atoms with Crippen molar-refractivity contribution in [2.75, 3.05) is 33.3 Å². The minimum Gasteiger partial charge on any atom is -0.483 e. The van der Waals surface area contributed by atoms with E-state index in [1.54, 1.807) is 0 Å². The van der Waals surface area contributed by atoms with E-state index in [2.05, 4.69) is 5.32 Å². The quantitative estimate of drug-likeness (QED) is 0.903. The molecule has 4 nitrogen and oxygen atoms in total. The highest BCUT2D eigenvalue weighted by Crippen LogP contribution is 2.22.